The van der Waals surface area contributed by atoms with Crippen LogP contribution in [0.25, 0.3) is 0 Å². The van der Waals surface area contributed by atoms with Crippen molar-refractivity contribution in [1.29, 1.82) is 5.41 Å². The number of piperidine rings is 1. The lowest BCUT2D eigenvalue weighted by Crippen LogP contribution is -2.41. The zero-order valence-corrected chi connectivity index (χ0v) is 9.96. The van der Waals surface area contributed by atoms with E-state index in [1.807, 2.05) is 19.2 Å². The van der Waals surface area contributed by atoms with E-state index in [2.05, 4.69) is 23.3 Å². The van der Waals surface area contributed by atoms with Crippen molar-refractivity contribution in [1.82, 2.24) is 10.3 Å². The summed E-state index contributed by atoms with van der Waals surface area (Å²) in [7, 11) is 0. The molecular weight excluding hydrogens is 198 g/mol. The largest absolute Gasteiger partial charge is 0.308 e. The Labute approximate surface area is 96.8 Å². The Morgan fingerprint density at radius 2 is 2.31 bits per heavy atom. The average molecular weight is 217 g/mol. The predicted molar refractivity (Wildman–Crippen MR) is 65.9 cm³/mol. The third-order valence-electron chi connectivity index (χ3n) is 3.29. The highest BCUT2D eigenvalue weighted by atomic mass is 15.0. The highest BCUT2D eigenvalue weighted by Crippen LogP contribution is 2.26. The summed E-state index contributed by atoms with van der Waals surface area (Å²) in [6, 6.07) is 4.63. The normalized spacial score (nSPS) is 25.4. The van der Waals surface area contributed by atoms with Gasteiger partial charge in [0.2, 0.25) is 0 Å². The second-order valence-corrected chi connectivity index (χ2v) is 4.59. The maximum absolute atomic E-state index is 7.71. The Morgan fingerprint density at radius 1 is 1.50 bits per heavy atom. The van der Waals surface area contributed by atoms with E-state index in [1.54, 1.807) is 0 Å². The van der Waals surface area contributed by atoms with Gasteiger partial charge >= 0.3 is 0 Å². The van der Waals surface area contributed by atoms with Crippen LogP contribution >= 0.6 is 0 Å². The molecule has 0 unspecified atom stereocenters. The summed E-state index contributed by atoms with van der Waals surface area (Å²) in [4.78, 5) is 4.46. The summed E-state index contributed by atoms with van der Waals surface area (Å²) in [6.07, 6.45) is 5.23. The molecule has 1 aliphatic heterocycles. The maximum atomic E-state index is 7.71. The van der Waals surface area contributed by atoms with Crippen molar-refractivity contribution in [2.75, 3.05) is 0 Å². The standard InChI is InChI=1S/C13H19N3/c1-9-5-4-8-15-13(9)12-7-3-6-11(16-12)10(2)14/h4-5,8,11-12,14,16H,3,6-7H2,1-2H3/t11-,12+/m1/s1. The van der Waals surface area contributed by atoms with Crippen molar-refractivity contribution in [2.45, 2.75) is 45.2 Å². The number of hydrogen-bond acceptors (Lipinski definition) is 3. The van der Waals surface area contributed by atoms with Crippen molar-refractivity contribution in [3.8, 4) is 0 Å². The minimum atomic E-state index is 0.236. The van der Waals surface area contributed by atoms with Gasteiger partial charge in [-0.2, -0.15) is 0 Å². The quantitative estimate of drug-likeness (QED) is 0.748. The summed E-state index contributed by atoms with van der Waals surface area (Å²) in [5.41, 5.74) is 3.12. The van der Waals surface area contributed by atoms with Gasteiger partial charge in [0.25, 0.3) is 0 Å². The van der Waals surface area contributed by atoms with Crippen molar-refractivity contribution < 1.29 is 0 Å². The monoisotopic (exact) mass is 217 g/mol. The third kappa shape index (κ3) is 2.30. The summed E-state index contributed by atoms with van der Waals surface area (Å²) >= 11 is 0. The Balaban J connectivity index is 2.16. The van der Waals surface area contributed by atoms with Gasteiger partial charge in [0.05, 0.1) is 11.7 Å². The molecule has 1 aliphatic rings. The molecule has 0 aliphatic carbocycles. The van der Waals surface area contributed by atoms with Crippen LogP contribution in [-0.2, 0) is 0 Å². The number of aryl methyl sites for hydroxylation is 1. The smallest absolute Gasteiger partial charge is 0.0602 e. The van der Waals surface area contributed by atoms with Gasteiger partial charge in [-0.05, 0) is 44.7 Å². The fraction of sp³-hybridized carbons (Fsp3) is 0.538. The maximum Gasteiger partial charge on any atom is 0.0602 e. The number of aromatic nitrogens is 1. The summed E-state index contributed by atoms with van der Waals surface area (Å²) in [5, 5.41) is 11.2. The zero-order chi connectivity index (χ0) is 11.5. The van der Waals surface area contributed by atoms with E-state index in [-0.39, 0.29) is 6.04 Å². The lowest BCUT2D eigenvalue weighted by Gasteiger charge is -2.31. The van der Waals surface area contributed by atoms with Crippen LogP contribution in [0.5, 0.6) is 0 Å². The third-order valence-corrected chi connectivity index (χ3v) is 3.29. The lowest BCUT2D eigenvalue weighted by molar-refractivity contribution is 0.367. The van der Waals surface area contributed by atoms with Crippen LogP contribution in [0.3, 0.4) is 0 Å². The fourth-order valence-electron chi connectivity index (χ4n) is 2.36. The van der Waals surface area contributed by atoms with E-state index in [1.165, 1.54) is 12.0 Å². The van der Waals surface area contributed by atoms with Crippen LogP contribution in [0.4, 0.5) is 0 Å². The van der Waals surface area contributed by atoms with E-state index in [9.17, 15) is 0 Å². The van der Waals surface area contributed by atoms with Gasteiger partial charge in [0.1, 0.15) is 0 Å². The molecule has 0 radical (unpaired) electrons. The van der Waals surface area contributed by atoms with Gasteiger partial charge in [0, 0.05) is 18.0 Å². The first-order chi connectivity index (χ1) is 7.68. The van der Waals surface area contributed by atoms with E-state index >= 15 is 0 Å². The Hall–Kier alpha value is -1.22. The zero-order valence-electron chi connectivity index (χ0n) is 9.96. The average Bonchev–Trinajstić information content (AvgIpc) is 2.30. The Bertz CT molecular complexity index is 387. The van der Waals surface area contributed by atoms with Crippen LogP contribution in [0.1, 0.15) is 43.5 Å². The fourth-order valence-corrected chi connectivity index (χ4v) is 2.36. The van der Waals surface area contributed by atoms with E-state index in [0.717, 1.165) is 24.2 Å². The molecule has 2 heterocycles. The molecule has 1 aromatic heterocycles. The van der Waals surface area contributed by atoms with Crippen LogP contribution in [0, 0.1) is 12.3 Å². The molecule has 0 spiro atoms. The van der Waals surface area contributed by atoms with E-state index < -0.39 is 0 Å². The van der Waals surface area contributed by atoms with Crippen LogP contribution in [-0.4, -0.2) is 16.7 Å². The first-order valence-corrected chi connectivity index (χ1v) is 5.91. The van der Waals surface area contributed by atoms with Crippen molar-refractivity contribution in [3.05, 3.63) is 29.6 Å². The molecule has 86 valence electrons. The Kier molecular flexibility index (Phi) is 3.34. The van der Waals surface area contributed by atoms with Crippen LogP contribution < -0.4 is 5.32 Å². The number of nitrogens with zero attached hydrogens (tertiary/aromatic N) is 1. The highest BCUT2D eigenvalue weighted by molar-refractivity contribution is 5.84. The molecule has 16 heavy (non-hydrogen) atoms. The molecule has 0 amide bonds. The molecule has 2 atom stereocenters. The number of nitrogens with one attached hydrogen (secondary N) is 2. The van der Waals surface area contributed by atoms with Crippen LogP contribution in [0.2, 0.25) is 0 Å². The highest BCUT2D eigenvalue weighted by Gasteiger charge is 2.24. The summed E-state index contributed by atoms with van der Waals surface area (Å²) in [6.45, 7) is 3.98. The molecule has 3 nitrogen and oxygen atoms in total. The number of pyridine rings is 1. The number of hydrogen-bond donors (Lipinski definition) is 2. The molecule has 0 saturated carbocycles. The molecule has 2 rings (SSSR count). The van der Waals surface area contributed by atoms with E-state index in [4.69, 9.17) is 5.41 Å². The molecule has 3 heteroatoms. The molecule has 0 bridgehead atoms. The second-order valence-electron chi connectivity index (χ2n) is 4.59. The van der Waals surface area contributed by atoms with Gasteiger partial charge in [0.15, 0.2) is 0 Å². The van der Waals surface area contributed by atoms with Gasteiger partial charge in [-0.25, -0.2) is 0 Å². The molecular formula is C13H19N3. The van der Waals surface area contributed by atoms with E-state index in [0.29, 0.717) is 6.04 Å². The first kappa shape index (κ1) is 11.3. The van der Waals surface area contributed by atoms with Gasteiger partial charge in [-0.15, -0.1) is 0 Å². The predicted octanol–water partition coefficient (Wildman–Crippen LogP) is 2.61. The lowest BCUT2D eigenvalue weighted by atomic mass is 9.92. The van der Waals surface area contributed by atoms with Crippen molar-refractivity contribution in [3.63, 3.8) is 0 Å². The molecule has 2 N–H and O–H groups in total. The molecule has 0 aromatic carbocycles. The minimum Gasteiger partial charge on any atom is -0.308 e. The molecule has 1 fully saturated rings. The SMILES string of the molecule is CC(=N)[C@H]1CCC[C@@H](c2ncccc2C)N1. The Morgan fingerprint density at radius 3 is 3.00 bits per heavy atom. The molecule has 1 saturated heterocycles. The molecule has 1 aromatic rings. The summed E-state index contributed by atoms with van der Waals surface area (Å²) in [5.74, 6) is 0. The van der Waals surface area contributed by atoms with Gasteiger partial charge in [-0.1, -0.05) is 6.07 Å². The van der Waals surface area contributed by atoms with Crippen molar-refractivity contribution in [2.24, 2.45) is 0 Å². The first-order valence-electron chi connectivity index (χ1n) is 5.91. The second kappa shape index (κ2) is 4.74. The van der Waals surface area contributed by atoms with Gasteiger partial charge in [-0.3, -0.25) is 4.98 Å². The topological polar surface area (TPSA) is 48.8 Å². The van der Waals surface area contributed by atoms with Gasteiger partial charge < -0.3 is 10.7 Å². The number of rotatable bonds is 2. The summed E-state index contributed by atoms with van der Waals surface area (Å²) < 4.78 is 0. The van der Waals surface area contributed by atoms with Crippen LogP contribution in [0.15, 0.2) is 18.3 Å². The minimum absolute atomic E-state index is 0.236. The van der Waals surface area contributed by atoms with Crippen molar-refractivity contribution >= 4 is 5.71 Å².